The molecule has 0 aliphatic rings. The zero-order valence-corrected chi connectivity index (χ0v) is 11.1. The quantitative estimate of drug-likeness (QED) is 0.475. The molecule has 1 rings (SSSR count). The first kappa shape index (κ1) is 14.4. The fourth-order valence-corrected chi connectivity index (χ4v) is 1.76. The van der Waals surface area contributed by atoms with E-state index in [-0.39, 0.29) is 18.7 Å². The summed E-state index contributed by atoms with van der Waals surface area (Å²) in [6, 6.07) is 7.64. The predicted molar refractivity (Wildman–Crippen MR) is 72.4 cm³/mol. The molecule has 1 aromatic rings. The van der Waals surface area contributed by atoms with Crippen LogP contribution in [0.1, 0.15) is 38.7 Å². The zero-order valence-electron chi connectivity index (χ0n) is 11.1. The second-order valence-electron chi connectivity index (χ2n) is 4.54. The number of para-hydroxylation sites is 1. The van der Waals surface area contributed by atoms with Gasteiger partial charge in [0.2, 0.25) is 5.78 Å². The monoisotopic (exact) mass is 248 g/mol. The Hall–Kier alpha value is -1.68. The highest BCUT2D eigenvalue weighted by Crippen LogP contribution is 2.25. The van der Waals surface area contributed by atoms with Gasteiger partial charge in [-0.15, -0.1) is 0 Å². The number of carbonyl (C=O) groups is 2. The molecule has 18 heavy (non-hydrogen) atoms. The number of ketones is 2. The molecule has 0 radical (unpaired) electrons. The summed E-state index contributed by atoms with van der Waals surface area (Å²) >= 11 is 0. The summed E-state index contributed by atoms with van der Waals surface area (Å²) in [5.41, 5.74) is 1.86. The molecule has 98 valence electrons. The van der Waals surface area contributed by atoms with Gasteiger partial charge in [0.1, 0.15) is 6.54 Å². The lowest BCUT2D eigenvalue weighted by Crippen LogP contribution is -2.39. The predicted octanol–water partition coefficient (Wildman–Crippen LogP) is 2.04. The van der Waals surface area contributed by atoms with Crippen LogP contribution in [0.5, 0.6) is 0 Å². The van der Waals surface area contributed by atoms with Gasteiger partial charge in [0.25, 0.3) is 0 Å². The molecular weight excluding hydrogens is 228 g/mol. The highest BCUT2D eigenvalue weighted by molar-refractivity contribution is 6.38. The Labute approximate surface area is 108 Å². The number of hydrogen-bond acceptors (Lipinski definition) is 4. The van der Waals surface area contributed by atoms with Crippen LogP contribution in [-0.4, -0.2) is 18.1 Å². The molecule has 0 bridgehead atoms. The molecule has 0 atom stereocenters. The van der Waals surface area contributed by atoms with Crippen molar-refractivity contribution in [3.8, 4) is 0 Å². The summed E-state index contributed by atoms with van der Waals surface area (Å²) in [6.07, 6.45) is 0.221. The largest absolute Gasteiger partial charge is 0.303 e. The molecule has 4 nitrogen and oxygen atoms in total. The number of nitrogens with two attached hydrogens (primary N) is 1. The van der Waals surface area contributed by atoms with Crippen LogP contribution in [0.4, 0.5) is 5.69 Å². The molecule has 0 aliphatic heterocycles. The van der Waals surface area contributed by atoms with Crippen molar-refractivity contribution < 1.29 is 9.59 Å². The molecule has 0 unspecified atom stereocenters. The molecule has 0 saturated heterocycles. The Morgan fingerprint density at radius 2 is 1.83 bits per heavy atom. The third-order valence-electron chi connectivity index (χ3n) is 2.81. The first-order valence-corrected chi connectivity index (χ1v) is 6.14. The number of anilines is 1. The Bertz CT molecular complexity index is 441. The topological polar surface area (TPSA) is 63.4 Å². The third-order valence-corrected chi connectivity index (χ3v) is 2.81. The van der Waals surface area contributed by atoms with Gasteiger partial charge in [-0.2, -0.15) is 0 Å². The number of rotatable bonds is 6. The van der Waals surface area contributed by atoms with Crippen LogP contribution in [0, 0.1) is 0 Å². The van der Waals surface area contributed by atoms with Crippen molar-refractivity contribution in [2.24, 2.45) is 5.84 Å². The van der Waals surface area contributed by atoms with Crippen LogP contribution in [0.25, 0.3) is 0 Å². The lowest BCUT2D eigenvalue weighted by atomic mass is 10.0. The van der Waals surface area contributed by atoms with Gasteiger partial charge in [-0.3, -0.25) is 9.59 Å². The van der Waals surface area contributed by atoms with E-state index in [0.717, 1.165) is 11.3 Å². The number of hydrogen-bond donors (Lipinski definition) is 1. The lowest BCUT2D eigenvalue weighted by molar-refractivity contribution is -0.135. The lowest BCUT2D eigenvalue weighted by Gasteiger charge is -2.22. The summed E-state index contributed by atoms with van der Waals surface area (Å²) < 4.78 is 0. The van der Waals surface area contributed by atoms with Crippen LogP contribution in [0.2, 0.25) is 0 Å². The maximum atomic E-state index is 11.6. The average molecular weight is 248 g/mol. The van der Waals surface area contributed by atoms with Crippen LogP contribution in [0.15, 0.2) is 24.3 Å². The molecule has 0 aromatic heterocycles. The summed E-state index contributed by atoms with van der Waals surface area (Å²) in [7, 11) is 0. The summed E-state index contributed by atoms with van der Waals surface area (Å²) in [5.74, 6) is 5.37. The number of hydrazine groups is 1. The smallest absolute Gasteiger partial charge is 0.219 e. The minimum absolute atomic E-state index is 0.0730. The number of Topliss-reactive ketones (excluding diaryl/α,β-unsaturated/α-hetero) is 2. The normalized spacial score (nSPS) is 10.5. The van der Waals surface area contributed by atoms with Crippen molar-refractivity contribution in [3.63, 3.8) is 0 Å². The van der Waals surface area contributed by atoms with Crippen molar-refractivity contribution in [2.75, 3.05) is 11.6 Å². The molecule has 0 saturated carbocycles. The molecule has 0 fully saturated rings. The van der Waals surface area contributed by atoms with E-state index < -0.39 is 5.78 Å². The van der Waals surface area contributed by atoms with Gasteiger partial charge >= 0.3 is 0 Å². The van der Waals surface area contributed by atoms with Crippen LogP contribution in [-0.2, 0) is 9.59 Å². The Morgan fingerprint density at radius 3 is 2.39 bits per heavy atom. The van der Waals surface area contributed by atoms with Crippen molar-refractivity contribution in [1.82, 2.24) is 0 Å². The number of benzene rings is 1. The fourth-order valence-electron chi connectivity index (χ4n) is 1.76. The van der Waals surface area contributed by atoms with Crippen molar-refractivity contribution in [2.45, 2.75) is 33.1 Å². The van der Waals surface area contributed by atoms with Crippen molar-refractivity contribution in [3.05, 3.63) is 29.8 Å². The Kier molecular flexibility index (Phi) is 5.04. The highest BCUT2D eigenvalue weighted by atomic mass is 16.2. The van der Waals surface area contributed by atoms with Crippen LogP contribution >= 0.6 is 0 Å². The molecule has 2 N–H and O–H groups in total. The Balaban J connectivity index is 2.87. The highest BCUT2D eigenvalue weighted by Gasteiger charge is 2.17. The van der Waals surface area contributed by atoms with Gasteiger partial charge < -0.3 is 5.01 Å². The first-order chi connectivity index (χ1) is 8.47. The van der Waals surface area contributed by atoms with Crippen LogP contribution in [0.3, 0.4) is 0 Å². The Morgan fingerprint density at radius 1 is 1.22 bits per heavy atom. The molecule has 0 amide bonds. The van der Waals surface area contributed by atoms with E-state index in [1.54, 1.807) is 6.92 Å². The zero-order chi connectivity index (χ0) is 13.7. The van der Waals surface area contributed by atoms with E-state index in [9.17, 15) is 9.59 Å². The second-order valence-corrected chi connectivity index (χ2v) is 4.54. The third kappa shape index (κ3) is 3.40. The molecule has 0 spiro atoms. The minimum atomic E-state index is -0.446. The molecule has 0 aliphatic carbocycles. The minimum Gasteiger partial charge on any atom is -0.303 e. The first-order valence-electron chi connectivity index (χ1n) is 6.14. The van der Waals surface area contributed by atoms with Gasteiger partial charge in [0, 0.05) is 6.42 Å². The van der Waals surface area contributed by atoms with E-state index in [2.05, 4.69) is 13.8 Å². The van der Waals surface area contributed by atoms with E-state index in [4.69, 9.17) is 5.84 Å². The van der Waals surface area contributed by atoms with Gasteiger partial charge in [-0.1, -0.05) is 39.0 Å². The summed E-state index contributed by atoms with van der Waals surface area (Å²) in [6.45, 7) is 5.72. The number of carbonyl (C=O) groups excluding carboxylic acids is 2. The average Bonchev–Trinajstić information content (AvgIpc) is 2.37. The van der Waals surface area contributed by atoms with E-state index in [1.807, 2.05) is 24.3 Å². The SMILES string of the molecule is CCC(=O)C(=O)CN(N)c1ccccc1C(C)C. The standard InChI is InChI=1S/C14H20N2O2/c1-4-13(17)14(18)9-16(15)12-8-6-5-7-11(12)10(2)3/h5-8,10H,4,9,15H2,1-3H3. The van der Waals surface area contributed by atoms with Crippen molar-refractivity contribution in [1.29, 1.82) is 0 Å². The second kappa shape index (κ2) is 6.31. The molecule has 0 heterocycles. The summed E-state index contributed by atoms with van der Waals surface area (Å²) in [5, 5.41) is 1.35. The maximum absolute atomic E-state index is 11.6. The fraction of sp³-hybridized carbons (Fsp3) is 0.429. The summed E-state index contributed by atoms with van der Waals surface area (Å²) in [4.78, 5) is 22.8. The van der Waals surface area contributed by atoms with E-state index in [1.165, 1.54) is 5.01 Å². The van der Waals surface area contributed by atoms with Crippen molar-refractivity contribution >= 4 is 17.3 Å². The van der Waals surface area contributed by atoms with Gasteiger partial charge in [-0.25, -0.2) is 5.84 Å². The maximum Gasteiger partial charge on any atom is 0.219 e. The molecule has 4 heteroatoms. The van der Waals surface area contributed by atoms with Gasteiger partial charge in [0.05, 0.1) is 5.69 Å². The molecule has 1 aromatic carbocycles. The number of nitrogens with zero attached hydrogens (tertiary/aromatic N) is 1. The van der Waals surface area contributed by atoms with E-state index in [0.29, 0.717) is 5.92 Å². The van der Waals surface area contributed by atoms with Gasteiger partial charge in [0.15, 0.2) is 5.78 Å². The van der Waals surface area contributed by atoms with Crippen LogP contribution < -0.4 is 10.9 Å². The molecular formula is C14H20N2O2. The van der Waals surface area contributed by atoms with Gasteiger partial charge in [-0.05, 0) is 17.5 Å². The van der Waals surface area contributed by atoms with E-state index >= 15 is 0 Å².